The van der Waals surface area contributed by atoms with Crippen LogP contribution in [0.3, 0.4) is 0 Å². The highest BCUT2D eigenvalue weighted by molar-refractivity contribution is 5.71. The van der Waals surface area contributed by atoms with Crippen LogP contribution in [0.1, 0.15) is 31.5 Å². The summed E-state index contributed by atoms with van der Waals surface area (Å²) in [4.78, 5) is 12.0. The van der Waals surface area contributed by atoms with E-state index in [1.165, 1.54) is 44.6 Å². The monoisotopic (exact) mass is 314 g/mol. The number of hydrogen-bond acceptors (Lipinski definition) is 4. The van der Waals surface area contributed by atoms with Crippen molar-refractivity contribution in [3.8, 4) is 0 Å². The average Bonchev–Trinajstić information content (AvgIpc) is 3.21. The first-order chi connectivity index (χ1) is 11.4. The molecule has 0 saturated carbocycles. The zero-order valence-corrected chi connectivity index (χ0v) is 13.8. The van der Waals surface area contributed by atoms with Gasteiger partial charge in [-0.3, -0.25) is 0 Å². The van der Waals surface area contributed by atoms with Crippen LogP contribution >= 0.6 is 0 Å². The van der Waals surface area contributed by atoms with Crippen LogP contribution in [0.4, 0.5) is 0 Å². The first-order valence-electron chi connectivity index (χ1n) is 9.00. The first kappa shape index (κ1) is 15.1. The van der Waals surface area contributed by atoms with Gasteiger partial charge in [0, 0.05) is 38.9 Å². The third-order valence-corrected chi connectivity index (χ3v) is 5.15. The van der Waals surface area contributed by atoms with Gasteiger partial charge in [-0.05, 0) is 56.8 Å². The molecular formula is C18H26N4O. The molecule has 5 nitrogen and oxygen atoms in total. The van der Waals surface area contributed by atoms with Crippen LogP contribution in [-0.4, -0.2) is 52.3 Å². The molecule has 0 bridgehead atoms. The molecule has 0 aliphatic carbocycles. The molecule has 0 spiro atoms. The van der Waals surface area contributed by atoms with Gasteiger partial charge < -0.3 is 14.2 Å². The molecule has 1 atom stereocenters. The highest BCUT2D eigenvalue weighted by atomic mass is 16.5. The summed E-state index contributed by atoms with van der Waals surface area (Å²) in [7, 11) is 0. The van der Waals surface area contributed by atoms with Crippen LogP contribution in [0.15, 0.2) is 18.3 Å². The fourth-order valence-corrected chi connectivity index (χ4v) is 3.87. The Hall–Kier alpha value is -1.46. The van der Waals surface area contributed by atoms with Gasteiger partial charge in [-0.1, -0.05) is 0 Å². The minimum atomic E-state index is 0.603. The van der Waals surface area contributed by atoms with E-state index in [9.17, 15) is 0 Å². The predicted octanol–water partition coefficient (Wildman–Crippen LogP) is 2.50. The minimum absolute atomic E-state index is 0.603. The van der Waals surface area contributed by atoms with Gasteiger partial charge in [0.25, 0.3) is 0 Å². The van der Waals surface area contributed by atoms with Crippen LogP contribution in [0, 0.1) is 5.92 Å². The fraction of sp³-hybridized carbons (Fsp3) is 0.667. The summed E-state index contributed by atoms with van der Waals surface area (Å²) >= 11 is 0. The van der Waals surface area contributed by atoms with Crippen LogP contribution in [0.5, 0.6) is 0 Å². The van der Waals surface area contributed by atoms with Gasteiger partial charge in [0.1, 0.15) is 11.3 Å². The molecule has 124 valence electrons. The summed E-state index contributed by atoms with van der Waals surface area (Å²) in [5.74, 6) is 1.79. The van der Waals surface area contributed by atoms with Crippen molar-refractivity contribution >= 4 is 11.2 Å². The van der Waals surface area contributed by atoms with E-state index in [0.29, 0.717) is 5.92 Å². The van der Waals surface area contributed by atoms with Crippen molar-refractivity contribution in [2.24, 2.45) is 5.92 Å². The van der Waals surface area contributed by atoms with Crippen molar-refractivity contribution in [3.05, 3.63) is 24.2 Å². The van der Waals surface area contributed by atoms with Crippen molar-refractivity contribution in [2.75, 3.05) is 32.8 Å². The van der Waals surface area contributed by atoms with Gasteiger partial charge in [0.05, 0.1) is 0 Å². The lowest BCUT2D eigenvalue weighted by molar-refractivity contribution is 0.0540. The molecule has 1 unspecified atom stereocenters. The number of imidazole rings is 1. The summed E-state index contributed by atoms with van der Waals surface area (Å²) in [6.45, 7) is 6.39. The maximum absolute atomic E-state index is 5.65. The number of ether oxygens (including phenoxy) is 1. The first-order valence-corrected chi connectivity index (χ1v) is 9.00. The molecule has 4 heterocycles. The van der Waals surface area contributed by atoms with Crippen LogP contribution in [0.25, 0.3) is 11.2 Å². The smallest absolute Gasteiger partial charge is 0.160 e. The van der Waals surface area contributed by atoms with Crippen molar-refractivity contribution in [1.82, 2.24) is 19.4 Å². The summed E-state index contributed by atoms with van der Waals surface area (Å²) in [5, 5.41) is 0. The van der Waals surface area contributed by atoms with E-state index < -0.39 is 0 Å². The quantitative estimate of drug-likeness (QED) is 0.850. The number of likely N-dealkylation sites (tertiary alicyclic amines) is 1. The highest BCUT2D eigenvalue weighted by Gasteiger charge is 2.20. The molecule has 0 amide bonds. The van der Waals surface area contributed by atoms with Gasteiger partial charge in [-0.25, -0.2) is 9.97 Å². The summed E-state index contributed by atoms with van der Waals surface area (Å²) < 4.78 is 8.00. The number of pyridine rings is 1. The second-order valence-corrected chi connectivity index (χ2v) is 6.86. The molecule has 0 N–H and O–H groups in total. The second kappa shape index (κ2) is 6.97. The molecule has 2 saturated heterocycles. The standard InChI is InChI=1S/C18H26N4O/c1-2-9-21(8-1)10-11-22-17(13-15-5-4-12-23-14-15)20-16-6-3-7-19-18(16)22/h3,6-7,15H,1-2,4-5,8-14H2. The number of rotatable bonds is 5. The molecule has 5 heteroatoms. The van der Waals surface area contributed by atoms with E-state index in [0.717, 1.165) is 43.9 Å². The van der Waals surface area contributed by atoms with Crippen LogP contribution in [-0.2, 0) is 17.7 Å². The molecule has 23 heavy (non-hydrogen) atoms. The summed E-state index contributed by atoms with van der Waals surface area (Å²) in [6, 6.07) is 4.06. The lowest BCUT2D eigenvalue weighted by Gasteiger charge is -2.22. The molecule has 2 aromatic rings. The number of nitrogens with zero attached hydrogens (tertiary/aromatic N) is 4. The third-order valence-electron chi connectivity index (χ3n) is 5.15. The Morgan fingerprint density at radius 3 is 2.91 bits per heavy atom. The SMILES string of the molecule is c1cnc2c(c1)nc(CC1CCCOC1)n2CCN1CCCC1. The molecule has 4 rings (SSSR count). The lowest BCUT2D eigenvalue weighted by atomic mass is 9.98. The average molecular weight is 314 g/mol. The number of hydrogen-bond donors (Lipinski definition) is 0. The topological polar surface area (TPSA) is 43.2 Å². The zero-order chi connectivity index (χ0) is 15.5. The second-order valence-electron chi connectivity index (χ2n) is 6.86. The van der Waals surface area contributed by atoms with E-state index in [1.54, 1.807) is 0 Å². The Morgan fingerprint density at radius 2 is 2.09 bits per heavy atom. The Bertz CT molecular complexity index is 642. The number of fused-ring (bicyclic) bond motifs is 1. The summed E-state index contributed by atoms with van der Waals surface area (Å²) in [5.41, 5.74) is 2.07. The van der Waals surface area contributed by atoms with Gasteiger partial charge in [-0.2, -0.15) is 0 Å². The lowest BCUT2D eigenvalue weighted by Crippen LogP contribution is -2.26. The Morgan fingerprint density at radius 1 is 1.17 bits per heavy atom. The van der Waals surface area contributed by atoms with Gasteiger partial charge in [0.15, 0.2) is 5.65 Å². The molecule has 2 aromatic heterocycles. The minimum Gasteiger partial charge on any atom is -0.381 e. The van der Waals surface area contributed by atoms with Gasteiger partial charge >= 0.3 is 0 Å². The molecule has 0 aromatic carbocycles. The molecule has 0 radical (unpaired) electrons. The Kier molecular flexibility index (Phi) is 4.57. The van der Waals surface area contributed by atoms with Crippen LogP contribution in [0.2, 0.25) is 0 Å². The Labute approximate surface area is 137 Å². The van der Waals surface area contributed by atoms with E-state index in [-0.39, 0.29) is 0 Å². The predicted molar refractivity (Wildman–Crippen MR) is 90.4 cm³/mol. The Balaban J connectivity index is 1.55. The van der Waals surface area contributed by atoms with Crippen molar-refractivity contribution in [3.63, 3.8) is 0 Å². The number of aromatic nitrogens is 3. The maximum Gasteiger partial charge on any atom is 0.160 e. The van der Waals surface area contributed by atoms with Crippen molar-refractivity contribution < 1.29 is 4.74 Å². The van der Waals surface area contributed by atoms with E-state index in [4.69, 9.17) is 9.72 Å². The highest BCUT2D eigenvalue weighted by Crippen LogP contribution is 2.22. The van der Waals surface area contributed by atoms with E-state index in [1.807, 2.05) is 12.3 Å². The molecule has 2 aliphatic heterocycles. The third kappa shape index (κ3) is 3.40. The van der Waals surface area contributed by atoms with E-state index >= 15 is 0 Å². The molecular weight excluding hydrogens is 288 g/mol. The van der Waals surface area contributed by atoms with Crippen molar-refractivity contribution in [1.29, 1.82) is 0 Å². The fourth-order valence-electron chi connectivity index (χ4n) is 3.87. The van der Waals surface area contributed by atoms with Crippen molar-refractivity contribution in [2.45, 2.75) is 38.6 Å². The molecule has 2 fully saturated rings. The van der Waals surface area contributed by atoms with Gasteiger partial charge in [0.2, 0.25) is 0 Å². The van der Waals surface area contributed by atoms with E-state index in [2.05, 4.69) is 20.5 Å². The van der Waals surface area contributed by atoms with Gasteiger partial charge in [-0.15, -0.1) is 0 Å². The summed E-state index contributed by atoms with van der Waals surface area (Å²) in [6.07, 6.45) is 8.00. The zero-order valence-electron chi connectivity index (χ0n) is 13.8. The van der Waals surface area contributed by atoms with Crippen LogP contribution < -0.4 is 0 Å². The largest absolute Gasteiger partial charge is 0.381 e. The normalized spacial score (nSPS) is 22.9. The molecule has 2 aliphatic rings. The maximum atomic E-state index is 5.65.